The second-order valence-electron chi connectivity index (χ2n) is 5.70. The van der Waals surface area contributed by atoms with Crippen LogP contribution in [0.15, 0.2) is 24.3 Å². The van der Waals surface area contributed by atoms with E-state index in [4.69, 9.17) is 16.3 Å². The lowest BCUT2D eigenvalue weighted by Gasteiger charge is -2.22. The maximum Gasteiger partial charge on any atom is 0.423 e. The van der Waals surface area contributed by atoms with E-state index in [9.17, 15) is 4.79 Å². The highest BCUT2D eigenvalue weighted by molar-refractivity contribution is 6.34. The lowest BCUT2D eigenvalue weighted by Crippen LogP contribution is -2.46. The van der Waals surface area contributed by atoms with Crippen molar-refractivity contribution in [3.05, 3.63) is 29.3 Å². The molecule has 0 radical (unpaired) electrons. The van der Waals surface area contributed by atoms with Crippen LogP contribution in [-0.4, -0.2) is 36.1 Å². The minimum Gasteiger partial charge on any atom is -0.457 e. The molecule has 1 aliphatic rings. The van der Waals surface area contributed by atoms with Gasteiger partial charge in [0.15, 0.2) is 0 Å². The van der Waals surface area contributed by atoms with Crippen molar-refractivity contribution >= 4 is 29.1 Å². The Morgan fingerprint density at radius 1 is 1.30 bits per heavy atom. The molecule has 2 N–H and O–H groups in total. The number of carbonyl (C=O) groups is 1. The average molecular weight is 339 g/mol. The number of carbonyl (C=O) groups excluding carboxylic acids is 1. The molecule has 1 aromatic rings. The Balaban J connectivity index is 2.16. The minimum absolute atomic E-state index is 0.342. The third-order valence-corrected chi connectivity index (χ3v) is 4.46. The van der Waals surface area contributed by atoms with Crippen LogP contribution in [0.3, 0.4) is 0 Å². The van der Waals surface area contributed by atoms with E-state index in [1.165, 1.54) is 19.3 Å². The smallest absolute Gasteiger partial charge is 0.423 e. The highest BCUT2D eigenvalue weighted by Crippen LogP contribution is 2.21. The molecule has 0 bridgehead atoms. The van der Waals surface area contributed by atoms with Crippen LogP contribution in [0.4, 0.5) is 5.69 Å². The topological polar surface area (TPSA) is 53.4 Å². The molecule has 0 aromatic heterocycles. The van der Waals surface area contributed by atoms with E-state index < -0.39 is 0 Å². The molecule has 0 saturated heterocycles. The summed E-state index contributed by atoms with van der Waals surface area (Å²) in [7, 11) is 1.93. The standard InChI is InChI=1S/C17H24ClN3O2/c1-3-23-17(22)16(21(2)13-9-5-4-6-10-13)20-19-15-12-8-7-11-14(15)18/h7-8,11-13H,3-6,9-10H2,1-2H3,(H,19,22)/p+1. The van der Waals surface area contributed by atoms with Crippen molar-refractivity contribution in [2.24, 2.45) is 0 Å². The van der Waals surface area contributed by atoms with Crippen molar-refractivity contribution < 1.29 is 14.1 Å². The van der Waals surface area contributed by atoms with Gasteiger partial charge in [-0.1, -0.05) is 30.2 Å². The molecule has 23 heavy (non-hydrogen) atoms. The fourth-order valence-electron chi connectivity index (χ4n) is 2.82. The first kappa shape index (κ1) is 17.6. The zero-order valence-corrected chi connectivity index (χ0v) is 14.5. The highest BCUT2D eigenvalue weighted by atomic mass is 35.5. The monoisotopic (exact) mass is 338 g/mol. The predicted molar refractivity (Wildman–Crippen MR) is 92.9 cm³/mol. The number of hydrogen-bond acceptors (Lipinski definition) is 3. The first-order valence-electron chi connectivity index (χ1n) is 8.17. The molecular weight excluding hydrogens is 314 g/mol. The van der Waals surface area contributed by atoms with Gasteiger partial charge in [-0.2, -0.15) is 5.43 Å². The Labute approximate surface area is 142 Å². The predicted octanol–water partition coefficient (Wildman–Crippen LogP) is 3.19. The third-order valence-electron chi connectivity index (χ3n) is 4.13. The maximum absolute atomic E-state index is 12.3. The van der Waals surface area contributed by atoms with Gasteiger partial charge < -0.3 is 4.74 Å². The zero-order chi connectivity index (χ0) is 16.7. The Morgan fingerprint density at radius 2 is 2.00 bits per heavy atom. The zero-order valence-electron chi connectivity index (χ0n) is 13.8. The van der Waals surface area contributed by atoms with Crippen molar-refractivity contribution in [1.29, 1.82) is 0 Å². The molecule has 0 unspecified atom stereocenters. The van der Waals surface area contributed by atoms with Gasteiger partial charge in [0.05, 0.1) is 30.4 Å². The summed E-state index contributed by atoms with van der Waals surface area (Å²) in [6, 6.07) is 7.73. The third kappa shape index (κ3) is 4.86. The van der Waals surface area contributed by atoms with E-state index >= 15 is 0 Å². The van der Waals surface area contributed by atoms with Crippen molar-refractivity contribution in [2.75, 3.05) is 19.1 Å². The largest absolute Gasteiger partial charge is 0.457 e. The Morgan fingerprint density at radius 3 is 2.65 bits per heavy atom. The Hall–Kier alpha value is -1.75. The molecule has 126 valence electrons. The number of benzene rings is 1. The molecule has 5 nitrogen and oxygen atoms in total. The van der Waals surface area contributed by atoms with Gasteiger partial charge in [-0.15, -0.1) is 0 Å². The van der Waals surface area contributed by atoms with Crippen LogP contribution in [0.25, 0.3) is 0 Å². The molecule has 1 aromatic carbocycles. The van der Waals surface area contributed by atoms with Crippen LogP contribution in [0, 0.1) is 0 Å². The van der Waals surface area contributed by atoms with Crippen LogP contribution >= 0.6 is 11.6 Å². The van der Waals surface area contributed by atoms with E-state index in [1.54, 1.807) is 13.0 Å². The molecular formula is C17H25ClN3O2+. The fraction of sp³-hybridized carbons (Fsp3) is 0.529. The summed E-state index contributed by atoms with van der Waals surface area (Å²) in [4.78, 5) is 12.3. The molecule has 0 spiro atoms. The number of ether oxygens (including phenoxy) is 1. The number of nitrogens with zero attached hydrogens (tertiary/aromatic N) is 1. The second kappa shape index (κ2) is 8.77. The first-order chi connectivity index (χ1) is 11.1. The summed E-state index contributed by atoms with van der Waals surface area (Å²) in [5.41, 5.74) is 6.72. The number of halogens is 1. The number of anilines is 1. The van der Waals surface area contributed by atoms with Crippen molar-refractivity contribution in [2.45, 2.75) is 45.1 Å². The van der Waals surface area contributed by atoms with Crippen LogP contribution < -0.4 is 10.9 Å². The molecule has 6 heteroatoms. The van der Waals surface area contributed by atoms with Gasteiger partial charge in [0.1, 0.15) is 0 Å². The Kier molecular flexibility index (Phi) is 6.71. The molecule has 0 amide bonds. The van der Waals surface area contributed by atoms with Gasteiger partial charge in [-0.05, 0) is 44.7 Å². The SMILES string of the molecule is CCOC(=O)C(NNc1ccccc1Cl)=[N+](C)C1CCCCC1. The van der Waals surface area contributed by atoms with Crippen LogP contribution in [0.1, 0.15) is 39.0 Å². The molecule has 1 aliphatic carbocycles. The quantitative estimate of drug-likeness (QED) is 0.291. The molecule has 0 heterocycles. The summed E-state index contributed by atoms with van der Waals surface area (Å²) in [6.45, 7) is 2.15. The van der Waals surface area contributed by atoms with E-state index in [0.29, 0.717) is 29.2 Å². The number of para-hydroxylation sites is 1. The lowest BCUT2D eigenvalue weighted by atomic mass is 9.95. The summed E-state index contributed by atoms with van der Waals surface area (Å²) in [6.07, 6.45) is 5.84. The van der Waals surface area contributed by atoms with Crippen molar-refractivity contribution in [3.8, 4) is 0 Å². The van der Waals surface area contributed by atoms with Crippen molar-refractivity contribution in [1.82, 2.24) is 5.43 Å². The van der Waals surface area contributed by atoms with Gasteiger partial charge in [0.25, 0.3) is 0 Å². The van der Waals surface area contributed by atoms with E-state index in [1.807, 2.05) is 29.8 Å². The second-order valence-corrected chi connectivity index (χ2v) is 6.11. The van der Waals surface area contributed by atoms with Gasteiger partial charge in [0, 0.05) is 0 Å². The van der Waals surface area contributed by atoms with E-state index in [0.717, 1.165) is 12.8 Å². The van der Waals surface area contributed by atoms with Crippen molar-refractivity contribution in [3.63, 3.8) is 0 Å². The number of rotatable bonds is 4. The summed E-state index contributed by atoms with van der Waals surface area (Å²) < 4.78 is 7.17. The lowest BCUT2D eigenvalue weighted by molar-refractivity contribution is -0.543. The Bertz CT molecular complexity index is 569. The average Bonchev–Trinajstić information content (AvgIpc) is 2.57. The molecule has 0 atom stereocenters. The summed E-state index contributed by atoms with van der Waals surface area (Å²) >= 11 is 6.14. The summed E-state index contributed by atoms with van der Waals surface area (Å²) in [5, 5.41) is 0.587. The fourth-order valence-corrected chi connectivity index (χ4v) is 3.01. The van der Waals surface area contributed by atoms with Gasteiger partial charge >= 0.3 is 11.8 Å². The molecule has 0 aliphatic heterocycles. The first-order valence-corrected chi connectivity index (χ1v) is 8.54. The number of esters is 1. The molecule has 1 fully saturated rings. The number of amidine groups is 1. The van der Waals surface area contributed by atoms with Crippen LogP contribution in [0.2, 0.25) is 5.02 Å². The van der Waals surface area contributed by atoms with E-state index in [-0.39, 0.29) is 5.97 Å². The van der Waals surface area contributed by atoms with Gasteiger partial charge in [-0.3, -0.25) is 4.58 Å². The number of hydrogen-bond donors (Lipinski definition) is 2. The van der Waals surface area contributed by atoms with Crippen LogP contribution in [-0.2, 0) is 9.53 Å². The number of hydrazine groups is 1. The highest BCUT2D eigenvalue weighted by Gasteiger charge is 2.28. The maximum atomic E-state index is 12.3. The molecule has 2 rings (SSSR count). The normalized spacial score (nSPS) is 16.5. The van der Waals surface area contributed by atoms with Gasteiger partial charge in [0.2, 0.25) is 0 Å². The van der Waals surface area contributed by atoms with E-state index in [2.05, 4.69) is 10.9 Å². The van der Waals surface area contributed by atoms with Gasteiger partial charge in [-0.25, -0.2) is 10.2 Å². The summed E-state index contributed by atoms with van der Waals surface area (Å²) in [5.74, 6) is 0.0544. The van der Waals surface area contributed by atoms with Crippen LogP contribution in [0.5, 0.6) is 0 Å². The molecule has 1 saturated carbocycles. The minimum atomic E-state index is -0.361. The number of nitrogens with one attached hydrogen (secondary N) is 2.